The molecule has 0 aliphatic heterocycles. The number of ether oxygens (including phenoxy) is 1. The predicted molar refractivity (Wildman–Crippen MR) is 82.6 cm³/mol. The number of rotatable bonds is 5. The fourth-order valence-corrected chi connectivity index (χ4v) is 1.86. The Balaban J connectivity index is 1.83. The molecule has 2 rings (SSSR count). The van der Waals surface area contributed by atoms with Gasteiger partial charge in [0.25, 0.3) is 0 Å². The molecule has 0 saturated carbocycles. The third kappa shape index (κ3) is 4.24. The van der Waals surface area contributed by atoms with Crippen molar-refractivity contribution in [3.63, 3.8) is 0 Å². The fourth-order valence-electron chi connectivity index (χ4n) is 1.86. The summed E-state index contributed by atoms with van der Waals surface area (Å²) in [5, 5.41) is 19.6. The second-order valence-corrected chi connectivity index (χ2v) is 4.68. The van der Waals surface area contributed by atoms with Gasteiger partial charge in [-0.1, -0.05) is 36.4 Å². The second-order valence-electron chi connectivity index (χ2n) is 4.68. The Morgan fingerprint density at radius 2 is 1.91 bits per heavy atom. The molecule has 0 aliphatic rings. The Morgan fingerprint density at radius 3 is 2.55 bits per heavy atom. The summed E-state index contributed by atoms with van der Waals surface area (Å²) in [5.41, 5.74) is 7.16. The van der Waals surface area contributed by atoms with Crippen molar-refractivity contribution in [1.82, 2.24) is 5.32 Å². The SMILES string of the molecule is N=C(N)c1ccc(CNC(=O)OCc2ccccc2)cc1O. The zero-order valence-electron chi connectivity index (χ0n) is 11.9. The zero-order valence-corrected chi connectivity index (χ0v) is 11.9. The number of amidine groups is 1. The summed E-state index contributed by atoms with van der Waals surface area (Å²) >= 11 is 0. The Hall–Kier alpha value is -3.02. The van der Waals surface area contributed by atoms with Gasteiger partial charge in [-0.05, 0) is 23.3 Å². The van der Waals surface area contributed by atoms with Gasteiger partial charge in [-0.15, -0.1) is 0 Å². The van der Waals surface area contributed by atoms with E-state index in [1.165, 1.54) is 12.1 Å². The van der Waals surface area contributed by atoms with E-state index in [0.717, 1.165) is 5.56 Å². The number of amides is 1. The molecule has 2 aromatic carbocycles. The smallest absolute Gasteiger partial charge is 0.407 e. The number of nitrogens with one attached hydrogen (secondary N) is 2. The molecule has 0 spiro atoms. The van der Waals surface area contributed by atoms with Gasteiger partial charge in [0.2, 0.25) is 0 Å². The molecular weight excluding hydrogens is 282 g/mol. The lowest BCUT2D eigenvalue weighted by Crippen LogP contribution is -2.23. The average Bonchev–Trinajstić information content (AvgIpc) is 2.51. The first-order chi connectivity index (χ1) is 10.6. The standard InChI is InChI=1S/C16H17N3O3/c17-15(18)13-7-6-12(8-14(13)20)9-19-16(21)22-10-11-4-2-1-3-5-11/h1-8,20H,9-10H2,(H3,17,18)(H,19,21). The number of hydrogen-bond acceptors (Lipinski definition) is 4. The minimum Gasteiger partial charge on any atom is -0.507 e. The molecule has 0 radical (unpaired) electrons. The van der Waals surface area contributed by atoms with Crippen LogP contribution in [0, 0.1) is 5.41 Å². The first kappa shape index (κ1) is 15.4. The number of benzene rings is 2. The van der Waals surface area contributed by atoms with Crippen LogP contribution in [0.15, 0.2) is 48.5 Å². The van der Waals surface area contributed by atoms with Crippen molar-refractivity contribution >= 4 is 11.9 Å². The molecule has 0 unspecified atom stereocenters. The van der Waals surface area contributed by atoms with Crippen LogP contribution >= 0.6 is 0 Å². The number of phenolic OH excluding ortho intramolecular Hbond substituents is 1. The van der Waals surface area contributed by atoms with Gasteiger partial charge in [0.05, 0.1) is 5.56 Å². The summed E-state index contributed by atoms with van der Waals surface area (Å²) in [6.07, 6.45) is -0.543. The summed E-state index contributed by atoms with van der Waals surface area (Å²) in [6, 6.07) is 14.0. The molecule has 0 bridgehead atoms. The molecule has 22 heavy (non-hydrogen) atoms. The lowest BCUT2D eigenvalue weighted by molar-refractivity contribution is 0.139. The summed E-state index contributed by atoms with van der Waals surface area (Å²) in [7, 11) is 0. The quantitative estimate of drug-likeness (QED) is 0.501. The third-order valence-electron chi connectivity index (χ3n) is 3.00. The highest BCUT2D eigenvalue weighted by Crippen LogP contribution is 2.18. The van der Waals surface area contributed by atoms with E-state index in [1.54, 1.807) is 6.07 Å². The number of carbonyl (C=O) groups is 1. The average molecular weight is 299 g/mol. The molecule has 0 aromatic heterocycles. The molecule has 6 heteroatoms. The van der Waals surface area contributed by atoms with Crippen LogP contribution in [-0.4, -0.2) is 17.0 Å². The number of alkyl carbamates (subject to hydrolysis) is 1. The van der Waals surface area contributed by atoms with E-state index >= 15 is 0 Å². The van der Waals surface area contributed by atoms with Crippen LogP contribution in [0.2, 0.25) is 0 Å². The molecule has 0 atom stereocenters. The lowest BCUT2D eigenvalue weighted by atomic mass is 10.1. The van der Waals surface area contributed by atoms with Gasteiger partial charge in [-0.3, -0.25) is 5.41 Å². The molecule has 6 nitrogen and oxygen atoms in total. The maximum Gasteiger partial charge on any atom is 0.407 e. The number of hydrogen-bond donors (Lipinski definition) is 4. The van der Waals surface area contributed by atoms with E-state index in [9.17, 15) is 9.90 Å². The van der Waals surface area contributed by atoms with E-state index in [0.29, 0.717) is 5.56 Å². The molecule has 2 aromatic rings. The summed E-state index contributed by atoms with van der Waals surface area (Å²) in [6.45, 7) is 0.403. The maximum atomic E-state index is 11.6. The zero-order chi connectivity index (χ0) is 15.9. The van der Waals surface area contributed by atoms with Gasteiger partial charge in [-0.25, -0.2) is 4.79 Å². The van der Waals surface area contributed by atoms with Crippen molar-refractivity contribution in [3.05, 3.63) is 65.2 Å². The van der Waals surface area contributed by atoms with E-state index < -0.39 is 6.09 Å². The lowest BCUT2D eigenvalue weighted by Gasteiger charge is -2.09. The number of nitrogens with two attached hydrogens (primary N) is 1. The molecule has 0 saturated heterocycles. The van der Waals surface area contributed by atoms with Gasteiger partial charge in [-0.2, -0.15) is 0 Å². The normalized spacial score (nSPS) is 10.0. The first-order valence-corrected chi connectivity index (χ1v) is 6.67. The van der Waals surface area contributed by atoms with E-state index in [4.69, 9.17) is 15.9 Å². The van der Waals surface area contributed by atoms with Crippen LogP contribution in [0.3, 0.4) is 0 Å². The van der Waals surface area contributed by atoms with Crippen LogP contribution in [0.1, 0.15) is 16.7 Å². The molecule has 1 amide bonds. The number of phenols is 1. The van der Waals surface area contributed by atoms with Gasteiger partial charge in [0.15, 0.2) is 0 Å². The highest BCUT2D eigenvalue weighted by Gasteiger charge is 2.07. The van der Waals surface area contributed by atoms with Crippen molar-refractivity contribution in [1.29, 1.82) is 5.41 Å². The summed E-state index contributed by atoms with van der Waals surface area (Å²) in [4.78, 5) is 11.6. The van der Waals surface area contributed by atoms with E-state index in [1.807, 2.05) is 30.3 Å². The van der Waals surface area contributed by atoms with Gasteiger partial charge in [0, 0.05) is 6.54 Å². The fraction of sp³-hybridized carbons (Fsp3) is 0.125. The molecule has 0 heterocycles. The second kappa shape index (κ2) is 7.12. The predicted octanol–water partition coefficient (Wildman–Crippen LogP) is 2.10. The van der Waals surface area contributed by atoms with Crippen LogP contribution < -0.4 is 11.1 Å². The maximum absolute atomic E-state index is 11.6. The summed E-state index contributed by atoms with van der Waals surface area (Å²) < 4.78 is 5.08. The van der Waals surface area contributed by atoms with E-state index in [2.05, 4.69) is 5.32 Å². The van der Waals surface area contributed by atoms with Crippen LogP contribution in [0.25, 0.3) is 0 Å². The van der Waals surface area contributed by atoms with Crippen LogP contribution in [0.4, 0.5) is 4.79 Å². The van der Waals surface area contributed by atoms with Crippen molar-refractivity contribution in [3.8, 4) is 5.75 Å². The Bertz CT molecular complexity index is 672. The number of carbonyl (C=O) groups excluding carboxylic acids is 1. The topological polar surface area (TPSA) is 108 Å². The van der Waals surface area contributed by atoms with Gasteiger partial charge < -0.3 is 20.9 Å². The molecule has 114 valence electrons. The first-order valence-electron chi connectivity index (χ1n) is 6.67. The van der Waals surface area contributed by atoms with Crippen molar-refractivity contribution in [2.45, 2.75) is 13.2 Å². The van der Waals surface area contributed by atoms with Crippen molar-refractivity contribution in [2.75, 3.05) is 0 Å². The van der Waals surface area contributed by atoms with Crippen molar-refractivity contribution < 1.29 is 14.6 Å². The van der Waals surface area contributed by atoms with E-state index in [-0.39, 0.29) is 30.3 Å². The Kier molecular flexibility index (Phi) is 4.98. The number of aromatic hydroxyl groups is 1. The minimum atomic E-state index is -0.543. The minimum absolute atomic E-state index is 0.0931. The summed E-state index contributed by atoms with van der Waals surface area (Å²) in [5.74, 6) is -0.302. The molecular formula is C16H17N3O3. The Morgan fingerprint density at radius 1 is 1.18 bits per heavy atom. The van der Waals surface area contributed by atoms with Gasteiger partial charge in [0.1, 0.15) is 18.2 Å². The van der Waals surface area contributed by atoms with Crippen molar-refractivity contribution in [2.24, 2.45) is 5.73 Å². The molecule has 0 aliphatic carbocycles. The highest BCUT2D eigenvalue weighted by molar-refractivity contribution is 5.97. The monoisotopic (exact) mass is 299 g/mol. The highest BCUT2D eigenvalue weighted by atomic mass is 16.5. The van der Waals surface area contributed by atoms with Crippen LogP contribution in [0.5, 0.6) is 5.75 Å². The van der Waals surface area contributed by atoms with Gasteiger partial charge >= 0.3 is 6.09 Å². The van der Waals surface area contributed by atoms with Crippen LogP contribution in [-0.2, 0) is 17.9 Å². The third-order valence-corrected chi connectivity index (χ3v) is 3.00. The molecule has 5 N–H and O–H groups in total. The largest absolute Gasteiger partial charge is 0.507 e. The Labute approximate surface area is 128 Å². The number of nitrogen functional groups attached to an aromatic ring is 1. The molecule has 0 fully saturated rings.